The first kappa shape index (κ1) is 16.3. The van der Waals surface area contributed by atoms with Crippen LogP contribution in [0, 0.1) is 6.92 Å². The van der Waals surface area contributed by atoms with Crippen LogP contribution in [0.2, 0.25) is 0 Å². The normalized spacial score (nSPS) is 18.0. The van der Waals surface area contributed by atoms with Crippen molar-refractivity contribution in [1.29, 1.82) is 0 Å². The molecule has 0 bridgehead atoms. The predicted octanol–water partition coefficient (Wildman–Crippen LogP) is 3.02. The first-order valence-corrected chi connectivity index (χ1v) is 9.49. The highest BCUT2D eigenvalue weighted by Crippen LogP contribution is 2.30. The van der Waals surface area contributed by atoms with E-state index in [1.807, 2.05) is 40.8 Å². The van der Waals surface area contributed by atoms with E-state index in [0.717, 1.165) is 40.2 Å². The number of hydrogen-bond acceptors (Lipinski definition) is 4. The third kappa shape index (κ3) is 3.19. The number of carbonyl (C=O) groups is 1. The van der Waals surface area contributed by atoms with Crippen molar-refractivity contribution in [2.75, 3.05) is 13.1 Å². The quantitative estimate of drug-likeness (QED) is 0.786. The number of likely N-dealkylation sites (tertiary alicyclic amines) is 1. The smallest absolute Gasteiger partial charge is 0.264 e. The molecule has 0 spiro atoms. The van der Waals surface area contributed by atoms with Gasteiger partial charge in [0.25, 0.3) is 5.91 Å². The Hall–Kier alpha value is -2.18. The van der Waals surface area contributed by atoms with E-state index in [9.17, 15) is 4.79 Å². The van der Waals surface area contributed by atoms with Crippen molar-refractivity contribution in [3.05, 3.63) is 52.5 Å². The average molecular weight is 354 g/mol. The van der Waals surface area contributed by atoms with Gasteiger partial charge in [-0.15, -0.1) is 11.3 Å². The number of aromatic nitrogens is 2. The van der Waals surface area contributed by atoms with Gasteiger partial charge < -0.3 is 10.6 Å². The molecule has 0 radical (unpaired) electrons. The number of thiophene rings is 1. The van der Waals surface area contributed by atoms with Crippen LogP contribution < -0.4 is 5.73 Å². The van der Waals surface area contributed by atoms with E-state index in [4.69, 9.17) is 5.73 Å². The minimum Gasteiger partial charge on any atom is -0.336 e. The summed E-state index contributed by atoms with van der Waals surface area (Å²) in [6.07, 6.45) is 1.99. The third-order valence-corrected chi connectivity index (χ3v) is 5.87. The molecule has 1 fully saturated rings. The maximum Gasteiger partial charge on any atom is 0.264 e. The van der Waals surface area contributed by atoms with E-state index >= 15 is 0 Å². The van der Waals surface area contributed by atoms with E-state index in [0.29, 0.717) is 13.1 Å². The number of nitrogens with zero attached hydrogens (tertiary/aromatic N) is 3. The van der Waals surface area contributed by atoms with Gasteiger partial charge in [0.2, 0.25) is 0 Å². The molecule has 1 aliphatic rings. The molecule has 3 aromatic rings. The summed E-state index contributed by atoms with van der Waals surface area (Å²) in [7, 11) is 0. The maximum atomic E-state index is 12.8. The summed E-state index contributed by atoms with van der Waals surface area (Å²) in [5.74, 6) is 0.0991. The van der Waals surface area contributed by atoms with Gasteiger partial charge >= 0.3 is 0 Å². The fraction of sp³-hybridized carbons (Fsp3) is 0.368. The SMILES string of the molecule is Cc1nn(Cc2ccccc2)c2sc(C(=O)N3CCCC(N)C3)cc12. The zero-order valence-corrected chi connectivity index (χ0v) is 15.1. The van der Waals surface area contributed by atoms with Crippen LogP contribution in [0.5, 0.6) is 0 Å². The molecular weight excluding hydrogens is 332 g/mol. The molecule has 1 unspecified atom stereocenters. The summed E-state index contributed by atoms with van der Waals surface area (Å²) in [6, 6.07) is 12.4. The number of amides is 1. The molecule has 6 heteroatoms. The van der Waals surface area contributed by atoms with Crippen molar-refractivity contribution in [3.8, 4) is 0 Å². The predicted molar refractivity (Wildman–Crippen MR) is 101 cm³/mol. The second-order valence-corrected chi connectivity index (χ2v) is 7.74. The van der Waals surface area contributed by atoms with Crippen molar-refractivity contribution in [3.63, 3.8) is 0 Å². The number of hydrogen-bond donors (Lipinski definition) is 1. The summed E-state index contributed by atoms with van der Waals surface area (Å²) in [6.45, 7) is 4.17. The van der Waals surface area contributed by atoms with Gasteiger partial charge in [0.1, 0.15) is 4.83 Å². The zero-order valence-electron chi connectivity index (χ0n) is 14.3. The van der Waals surface area contributed by atoms with Gasteiger partial charge in [-0.1, -0.05) is 30.3 Å². The van der Waals surface area contributed by atoms with Crippen LogP contribution in [0.3, 0.4) is 0 Å². The number of rotatable bonds is 3. The van der Waals surface area contributed by atoms with Crippen LogP contribution in [0.1, 0.15) is 33.8 Å². The highest BCUT2D eigenvalue weighted by Gasteiger charge is 2.25. The Balaban J connectivity index is 1.64. The Bertz CT molecular complexity index is 899. The van der Waals surface area contributed by atoms with Crippen molar-refractivity contribution >= 4 is 27.5 Å². The van der Waals surface area contributed by atoms with E-state index in [1.165, 1.54) is 16.9 Å². The molecule has 1 saturated heterocycles. The highest BCUT2D eigenvalue weighted by atomic mass is 32.1. The molecular formula is C19H22N4OS. The van der Waals surface area contributed by atoms with E-state index in [1.54, 1.807) is 0 Å². The fourth-order valence-corrected chi connectivity index (χ4v) is 4.56. The summed E-state index contributed by atoms with van der Waals surface area (Å²) in [5, 5.41) is 5.73. The number of fused-ring (bicyclic) bond motifs is 1. The summed E-state index contributed by atoms with van der Waals surface area (Å²) < 4.78 is 2.00. The minimum atomic E-state index is 0.0991. The lowest BCUT2D eigenvalue weighted by atomic mass is 10.1. The van der Waals surface area contributed by atoms with Crippen LogP contribution in [0.15, 0.2) is 36.4 Å². The Morgan fingerprint density at radius 2 is 2.16 bits per heavy atom. The molecule has 0 saturated carbocycles. The molecule has 0 aliphatic carbocycles. The number of aryl methyl sites for hydroxylation is 1. The third-order valence-electron chi connectivity index (χ3n) is 4.74. The molecule has 1 aliphatic heterocycles. The Morgan fingerprint density at radius 1 is 1.36 bits per heavy atom. The molecule has 5 nitrogen and oxygen atoms in total. The largest absolute Gasteiger partial charge is 0.336 e. The van der Waals surface area contributed by atoms with Crippen LogP contribution in [0.25, 0.3) is 10.2 Å². The maximum absolute atomic E-state index is 12.8. The van der Waals surface area contributed by atoms with Gasteiger partial charge in [0, 0.05) is 24.5 Å². The summed E-state index contributed by atoms with van der Waals surface area (Å²) in [5.41, 5.74) is 8.20. The minimum absolute atomic E-state index is 0.0991. The Kier molecular flexibility index (Phi) is 4.31. The van der Waals surface area contributed by atoms with Crippen LogP contribution in [0.4, 0.5) is 0 Å². The van der Waals surface area contributed by atoms with E-state index < -0.39 is 0 Å². The molecule has 1 amide bonds. The zero-order chi connectivity index (χ0) is 17.4. The topological polar surface area (TPSA) is 64.2 Å². The Labute approximate surface area is 151 Å². The van der Waals surface area contributed by atoms with Crippen LogP contribution in [-0.4, -0.2) is 39.7 Å². The molecule has 25 heavy (non-hydrogen) atoms. The van der Waals surface area contributed by atoms with Gasteiger partial charge in [-0.05, 0) is 31.4 Å². The average Bonchev–Trinajstić information content (AvgIpc) is 3.17. The first-order valence-electron chi connectivity index (χ1n) is 8.67. The highest BCUT2D eigenvalue weighted by molar-refractivity contribution is 7.20. The fourth-order valence-electron chi connectivity index (χ4n) is 3.43. The molecule has 1 atom stereocenters. The van der Waals surface area contributed by atoms with Gasteiger partial charge in [0.05, 0.1) is 17.1 Å². The standard InChI is InChI=1S/C19H22N4OS/c1-13-16-10-17(18(24)22-9-5-8-15(20)12-22)25-19(16)23(21-13)11-14-6-3-2-4-7-14/h2-4,6-7,10,15H,5,8-9,11-12,20H2,1H3. The van der Waals surface area contributed by atoms with Gasteiger partial charge in [-0.2, -0.15) is 5.10 Å². The van der Waals surface area contributed by atoms with E-state index in [-0.39, 0.29) is 11.9 Å². The number of carbonyl (C=O) groups excluding carboxylic acids is 1. The molecule has 4 rings (SSSR count). The summed E-state index contributed by atoms with van der Waals surface area (Å²) >= 11 is 1.54. The van der Waals surface area contributed by atoms with E-state index in [2.05, 4.69) is 17.2 Å². The number of benzene rings is 1. The summed E-state index contributed by atoms with van der Waals surface area (Å²) in [4.78, 5) is 16.6. The monoisotopic (exact) mass is 354 g/mol. The molecule has 3 heterocycles. The lowest BCUT2D eigenvalue weighted by Gasteiger charge is -2.30. The number of nitrogens with two attached hydrogens (primary N) is 1. The second kappa shape index (κ2) is 6.61. The van der Waals surface area contributed by atoms with Crippen LogP contribution >= 0.6 is 11.3 Å². The second-order valence-electron chi connectivity index (χ2n) is 6.71. The van der Waals surface area contributed by atoms with Crippen LogP contribution in [-0.2, 0) is 6.54 Å². The molecule has 1 aromatic carbocycles. The van der Waals surface area contributed by atoms with Gasteiger partial charge in [-0.25, -0.2) is 0 Å². The van der Waals surface area contributed by atoms with Gasteiger partial charge in [-0.3, -0.25) is 9.48 Å². The lowest BCUT2D eigenvalue weighted by Crippen LogP contribution is -2.45. The van der Waals surface area contributed by atoms with Crippen molar-refractivity contribution in [1.82, 2.24) is 14.7 Å². The van der Waals surface area contributed by atoms with Gasteiger partial charge in [0.15, 0.2) is 0 Å². The molecule has 2 aromatic heterocycles. The molecule has 2 N–H and O–H groups in total. The van der Waals surface area contributed by atoms with Crippen molar-refractivity contribution < 1.29 is 4.79 Å². The number of piperidine rings is 1. The Morgan fingerprint density at radius 3 is 2.92 bits per heavy atom. The van der Waals surface area contributed by atoms with Crippen molar-refractivity contribution in [2.24, 2.45) is 5.73 Å². The lowest BCUT2D eigenvalue weighted by molar-refractivity contribution is 0.0714. The van der Waals surface area contributed by atoms with Crippen molar-refractivity contribution in [2.45, 2.75) is 32.4 Å². The first-order chi connectivity index (χ1) is 12.1. The molecule has 130 valence electrons.